The summed E-state index contributed by atoms with van der Waals surface area (Å²) in [6.45, 7) is 1.94. The summed E-state index contributed by atoms with van der Waals surface area (Å²) in [6, 6.07) is -1.04. The minimum absolute atomic E-state index is 0.0194. The standard InChI is InChI=1S/C14H21NO5/c1-2-20-13(17)8-7-11(14(18)19)15-12(16)9-10-5-3-4-6-10/h3,5,10-11H,2,4,6-9H2,1H3,(H,15,16)(H,18,19)/t10?,11-/m0/s1. The molecule has 1 unspecified atom stereocenters. The molecule has 2 N–H and O–H groups in total. The zero-order valence-corrected chi connectivity index (χ0v) is 11.6. The number of aliphatic carboxylic acids is 1. The van der Waals surface area contributed by atoms with E-state index in [0.29, 0.717) is 6.42 Å². The summed E-state index contributed by atoms with van der Waals surface area (Å²) in [5, 5.41) is 11.5. The van der Waals surface area contributed by atoms with Crippen molar-refractivity contribution in [1.29, 1.82) is 0 Å². The summed E-state index contributed by atoms with van der Waals surface area (Å²) in [5.74, 6) is -1.69. The Bertz CT molecular complexity index is 391. The van der Waals surface area contributed by atoms with Gasteiger partial charge in [0.15, 0.2) is 0 Å². The Hall–Kier alpha value is -1.85. The van der Waals surface area contributed by atoms with Crippen molar-refractivity contribution in [1.82, 2.24) is 5.32 Å². The average molecular weight is 283 g/mol. The van der Waals surface area contributed by atoms with Crippen LogP contribution in [0.15, 0.2) is 12.2 Å². The first-order valence-corrected chi connectivity index (χ1v) is 6.87. The van der Waals surface area contributed by atoms with Crippen LogP contribution in [0.1, 0.15) is 39.0 Å². The highest BCUT2D eigenvalue weighted by molar-refractivity contribution is 5.84. The fourth-order valence-electron chi connectivity index (χ4n) is 2.11. The number of carbonyl (C=O) groups is 3. The van der Waals surface area contributed by atoms with Crippen LogP contribution < -0.4 is 5.32 Å². The second-order valence-electron chi connectivity index (χ2n) is 4.77. The molecular formula is C14H21NO5. The molecule has 0 aromatic carbocycles. The molecular weight excluding hydrogens is 262 g/mol. The molecule has 0 aromatic heterocycles. The van der Waals surface area contributed by atoms with Crippen molar-refractivity contribution in [2.45, 2.75) is 45.1 Å². The monoisotopic (exact) mass is 283 g/mol. The molecule has 0 aliphatic heterocycles. The van der Waals surface area contributed by atoms with Crippen molar-refractivity contribution in [3.8, 4) is 0 Å². The first-order chi connectivity index (χ1) is 9.52. The second kappa shape index (κ2) is 8.35. The first-order valence-electron chi connectivity index (χ1n) is 6.87. The molecule has 0 bridgehead atoms. The summed E-state index contributed by atoms with van der Waals surface area (Å²) in [4.78, 5) is 34.0. The normalized spacial score (nSPS) is 18.6. The molecule has 1 rings (SSSR count). The van der Waals surface area contributed by atoms with Crippen molar-refractivity contribution in [3.63, 3.8) is 0 Å². The Morgan fingerprint density at radius 3 is 2.75 bits per heavy atom. The van der Waals surface area contributed by atoms with Crippen molar-refractivity contribution in [2.24, 2.45) is 5.92 Å². The molecule has 1 amide bonds. The lowest BCUT2D eigenvalue weighted by Gasteiger charge is -2.15. The van der Waals surface area contributed by atoms with E-state index in [1.165, 1.54) is 0 Å². The van der Waals surface area contributed by atoms with Gasteiger partial charge in [-0.2, -0.15) is 0 Å². The molecule has 2 atom stereocenters. The van der Waals surface area contributed by atoms with Gasteiger partial charge in [0, 0.05) is 12.8 Å². The number of esters is 1. The van der Waals surface area contributed by atoms with Gasteiger partial charge in [-0.05, 0) is 32.1 Å². The predicted octanol–water partition coefficient (Wildman–Crippen LogP) is 1.26. The van der Waals surface area contributed by atoms with Gasteiger partial charge in [-0.3, -0.25) is 9.59 Å². The summed E-state index contributed by atoms with van der Waals surface area (Å²) in [6.07, 6.45) is 6.20. The molecule has 20 heavy (non-hydrogen) atoms. The zero-order valence-electron chi connectivity index (χ0n) is 11.6. The van der Waals surface area contributed by atoms with Gasteiger partial charge in [0.1, 0.15) is 6.04 Å². The topological polar surface area (TPSA) is 92.7 Å². The number of amides is 1. The van der Waals surface area contributed by atoms with E-state index >= 15 is 0 Å². The van der Waals surface area contributed by atoms with E-state index in [2.05, 4.69) is 5.32 Å². The maximum absolute atomic E-state index is 11.8. The van der Waals surface area contributed by atoms with Crippen LogP contribution in [0.2, 0.25) is 0 Å². The Labute approximate surface area is 118 Å². The SMILES string of the molecule is CCOC(=O)CC[C@H](NC(=O)CC1C=CCC1)C(=O)O. The molecule has 1 aliphatic rings. The fourth-order valence-corrected chi connectivity index (χ4v) is 2.11. The van der Waals surface area contributed by atoms with Crippen LogP contribution in [0.4, 0.5) is 0 Å². The maximum atomic E-state index is 11.8. The zero-order chi connectivity index (χ0) is 15.0. The molecule has 0 radical (unpaired) electrons. The highest BCUT2D eigenvalue weighted by atomic mass is 16.5. The minimum atomic E-state index is -1.13. The smallest absolute Gasteiger partial charge is 0.326 e. The van der Waals surface area contributed by atoms with Crippen molar-refractivity contribution < 1.29 is 24.2 Å². The lowest BCUT2D eigenvalue weighted by atomic mass is 10.0. The molecule has 6 nitrogen and oxygen atoms in total. The van der Waals surface area contributed by atoms with Gasteiger partial charge in [0.25, 0.3) is 0 Å². The lowest BCUT2D eigenvalue weighted by molar-refractivity contribution is -0.145. The highest BCUT2D eigenvalue weighted by Gasteiger charge is 2.23. The number of ether oxygens (including phenoxy) is 1. The lowest BCUT2D eigenvalue weighted by Crippen LogP contribution is -2.41. The van der Waals surface area contributed by atoms with Crippen LogP contribution in [0.3, 0.4) is 0 Å². The van der Waals surface area contributed by atoms with Gasteiger partial charge in [0.05, 0.1) is 6.61 Å². The number of carbonyl (C=O) groups excluding carboxylic acids is 2. The van der Waals surface area contributed by atoms with Gasteiger partial charge in [0.2, 0.25) is 5.91 Å². The van der Waals surface area contributed by atoms with E-state index in [-0.39, 0.29) is 31.3 Å². The highest BCUT2D eigenvalue weighted by Crippen LogP contribution is 2.20. The molecule has 0 heterocycles. The second-order valence-corrected chi connectivity index (χ2v) is 4.77. The third-order valence-electron chi connectivity index (χ3n) is 3.14. The van der Waals surface area contributed by atoms with Crippen LogP contribution >= 0.6 is 0 Å². The molecule has 112 valence electrons. The number of hydrogen-bond donors (Lipinski definition) is 2. The van der Waals surface area contributed by atoms with Crippen molar-refractivity contribution >= 4 is 17.8 Å². The third-order valence-corrected chi connectivity index (χ3v) is 3.14. The molecule has 6 heteroatoms. The van der Waals surface area contributed by atoms with Crippen LogP contribution in [-0.4, -0.2) is 35.6 Å². The summed E-state index contributed by atoms with van der Waals surface area (Å²) in [5.41, 5.74) is 0. The van der Waals surface area contributed by atoms with Crippen LogP contribution in [0, 0.1) is 5.92 Å². The van der Waals surface area contributed by atoms with Crippen molar-refractivity contribution in [2.75, 3.05) is 6.61 Å². The number of carboxylic acids is 1. The Morgan fingerprint density at radius 1 is 1.45 bits per heavy atom. The number of allylic oxidation sites excluding steroid dienone is 2. The van der Waals surface area contributed by atoms with Gasteiger partial charge >= 0.3 is 11.9 Å². The molecule has 1 aliphatic carbocycles. The summed E-state index contributed by atoms with van der Waals surface area (Å²) < 4.78 is 4.73. The average Bonchev–Trinajstić information content (AvgIpc) is 2.87. The Balaban J connectivity index is 2.37. The maximum Gasteiger partial charge on any atom is 0.326 e. The number of hydrogen-bond acceptors (Lipinski definition) is 4. The van der Waals surface area contributed by atoms with E-state index in [9.17, 15) is 14.4 Å². The molecule has 0 fully saturated rings. The third kappa shape index (κ3) is 5.86. The van der Waals surface area contributed by atoms with Gasteiger partial charge in [-0.25, -0.2) is 4.79 Å². The number of nitrogens with one attached hydrogen (secondary N) is 1. The summed E-state index contributed by atoms with van der Waals surface area (Å²) in [7, 11) is 0. The summed E-state index contributed by atoms with van der Waals surface area (Å²) >= 11 is 0. The largest absolute Gasteiger partial charge is 0.480 e. The fraction of sp³-hybridized carbons (Fsp3) is 0.643. The first kappa shape index (κ1) is 16.2. The van der Waals surface area contributed by atoms with E-state index in [0.717, 1.165) is 12.8 Å². The minimum Gasteiger partial charge on any atom is -0.480 e. The van der Waals surface area contributed by atoms with E-state index < -0.39 is 18.0 Å². The quantitative estimate of drug-likeness (QED) is 0.516. The van der Waals surface area contributed by atoms with Crippen LogP contribution in [0.5, 0.6) is 0 Å². The van der Waals surface area contributed by atoms with Crippen LogP contribution in [0.25, 0.3) is 0 Å². The van der Waals surface area contributed by atoms with Crippen molar-refractivity contribution in [3.05, 3.63) is 12.2 Å². The van der Waals surface area contributed by atoms with E-state index in [1.807, 2.05) is 12.2 Å². The van der Waals surface area contributed by atoms with E-state index in [4.69, 9.17) is 9.84 Å². The predicted molar refractivity (Wildman–Crippen MR) is 71.9 cm³/mol. The number of rotatable bonds is 8. The molecule has 0 spiro atoms. The Kier molecular flexibility index (Phi) is 6.76. The molecule has 0 aromatic rings. The van der Waals surface area contributed by atoms with Crippen LogP contribution in [-0.2, 0) is 19.1 Å². The number of carboxylic acid groups (broad SMARTS) is 1. The molecule has 0 saturated heterocycles. The van der Waals surface area contributed by atoms with Gasteiger partial charge in [-0.15, -0.1) is 0 Å². The molecule has 0 saturated carbocycles. The van der Waals surface area contributed by atoms with Gasteiger partial charge < -0.3 is 15.2 Å². The van der Waals surface area contributed by atoms with E-state index in [1.54, 1.807) is 6.92 Å². The van der Waals surface area contributed by atoms with Gasteiger partial charge in [-0.1, -0.05) is 12.2 Å². The Morgan fingerprint density at radius 2 is 2.20 bits per heavy atom.